The summed E-state index contributed by atoms with van der Waals surface area (Å²) in [5, 5.41) is 10.6. The van der Waals surface area contributed by atoms with Gasteiger partial charge in [-0.15, -0.1) is 0 Å². The van der Waals surface area contributed by atoms with Crippen LogP contribution in [0.1, 0.15) is 13.3 Å². The molecule has 0 aliphatic carbocycles. The van der Waals surface area contributed by atoms with Crippen molar-refractivity contribution in [1.29, 1.82) is 0 Å². The number of amides is 1. The van der Waals surface area contributed by atoms with E-state index in [1.807, 2.05) is 0 Å². The van der Waals surface area contributed by atoms with Gasteiger partial charge < -0.3 is 0 Å². The van der Waals surface area contributed by atoms with Crippen LogP contribution in [0, 0.1) is 0 Å². The predicted octanol–water partition coefficient (Wildman–Crippen LogP) is 3.13. The molecule has 0 spiro atoms. The van der Waals surface area contributed by atoms with Gasteiger partial charge in [-0.2, -0.15) is 5.06 Å². The molecule has 0 heterocycles. The first-order valence-corrected chi connectivity index (χ1v) is 4.78. The lowest BCUT2D eigenvalue weighted by Crippen LogP contribution is -2.25. The standard InChI is InChI=1S/C9H9Cl2NO2/c1-2-9(13)12(14)6-3-4-7(10)8(11)5-6/h3-5,14H,2H2,1H3. The maximum atomic E-state index is 11.1. The van der Waals surface area contributed by atoms with Gasteiger partial charge in [-0.05, 0) is 18.2 Å². The van der Waals surface area contributed by atoms with Crippen molar-refractivity contribution in [1.82, 2.24) is 0 Å². The van der Waals surface area contributed by atoms with E-state index in [9.17, 15) is 10.0 Å². The molecule has 0 saturated carbocycles. The topological polar surface area (TPSA) is 40.5 Å². The van der Waals surface area contributed by atoms with Crippen LogP contribution in [-0.4, -0.2) is 11.1 Å². The first kappa shape index (κ1) is 11.3. The first-order valence-electron chi connectivity index (χ1n) is 4.03. The fourth-order valence-electron chi connectivity index (χ4n) is 0.911. The van der Waals surface area contributed by atoms with Gasteiger partial charge in [0.05, 0.1) is 15.7 Å². The van der Waals surface area contributed by atoms with Crippen molar-refractivity contribution in [2.75, 3.05) is 5.06 Å². The molecule has 0 aliphatic heterocycles. The van der Waals surface area contributed by atoms with E-state index in [0.29, 0.717) is 20.8 Å². The summed E-state index contributed by atoms with van der Waals surface area (Å²) in [6, 6.07) is 4.46. The smallest absolute Gasteiger partial charge is 0.250 e. The second-order valence-corrected chi connectivity index (χ2v) is 3.47. The van der Waals surface area contributed by atoms with E-state index in [2.05, 4.69) is 0 Å². The number of hydrogen-bond donors (Lipinski definition) is 1. The van der Waals surface area contributed by atoms with Crippen LogP contribution in [0.4, 0.5) is 5.69 Å². The molecule has 5 heteroatoms. The number of halogens is 2. The van der Waals surface area contributed by atoms with E-state index >= 15 is 0 Å². The number of hydrogen-bond acceptors (Lipinski definition) is 2. The molecule has 76 valence electrons. The Hall–Kier alpha value is -0.770. The lowest BCUT2D eigenvalue weighted by molar-refractivity contribution is -0.123. The summed E-state index contributed by atoms with van der Waals surface area (Å²) < 4.78 is 0. The summed E-state index contributed by atoms with van der Waals surface area (Å²) >= 11 is 11.4. The Morgan fingerprint density at radius 3 is 2.57 bits per heavy atom. The maximum absolute atomic E-state index is 11.1. The minimum atomic E-state index is -0.400. The van der Waals surface area contributed by atoms with Gasteiger partial charge >= 0.3 is 0 Å². The lowest BCUT2D eigenvalue weighted by Gasteiger charge is -2.14. The molecule has 1 aromatic rings. The maximum Gasteiger partial charge on any atom is 0.250 e. The highest BCUT2D eigenvalue weighted by Crippen LogP contribution is 2.26. The Bertz CT molecular complexity index is 355. The molecule has 0 radical (unpaired) electrons. The van der Waals surface area contributed by atoms with Crippen LogP contribution in [0.3, 0.4) is 0 Å². The summed E-state index contributed by atoms with van der Waals surface area (Å²) in [6.45, 7) is 1.66. The SMILES string of the molecule is CCC(=O)N(O)c1ccc(Cl)c(Cl)c1. The molecule has 1 amide bonds. The van der Waals surface area contributed by atoms with Crippen molar-refractivity contribution in [3.63, 3.8) is 0 Å². The Morgan fingerprint density at radius 2 is 2.07 bits per heavy atom. The third-order valence-electron chi connectivity index (χ3n) is 1.69. The zero-order chi connectivity index (χ0) is 10.7. The van der Waals surface area contributed by atoms with Crippen molar-refractivity contribution in [3.8, 4) is 0 Å². The molecule has 0 aromatic heterocycles. The Morgan fingerprint density at radius 1 is 1.43 bits per heavy atom. The van der Waals surface area contributed by atoms with Crippen molar-refractivity contribution in [2.24, 2.45) is 0 Å². The fourth-order valence-corrected chi connectivity index (χ4v) is 1.20. The highest BCUT2D eigenvalue weighted by molar-refractivity contribution is 6.42. The van der Waals surface area contributed by atoms with Crippen molar-refractivity contribution in [2.45, 2.75) is 13.3 Å². The van der Waals surface area contributed by atoms with Crippen LogP contribution in [-0.2, 0) is 4.79 Å². The highest BCUT2D eigenvalue weighted by Gasteiger charge is 2.11. The van der Waals surface area contributed by atoms with Gasteiger partial charge in [0.1, 0.15) is 0 Å². The van der Waals surface area contributed by atoms with Crippen LogP contribution in [0.25, 0.3) is 0 Å². The molecule has 0 saturated heterocycles. The highest BCUT2D eigenvalue weighted by atomic mass is 35.5. The fraction of sp³-hybridized carbons (Fsp3) is 0.222. The van der Waals surface area contributed by atoms with Crippen LogP contribution in [0.15, 0.2) is 18.2 Å². The van der Waals surface area contributed by atoms with E-state index in [1.165, 1.54) is 18.2 Å². The number of rotatable bonds is 2. The Balaban J connectivity index is 2.96. The summed E-state index contributed by atoms with van der Waals surface area (Å²) in [6.07, 6.45) is 0.219. The number of benzene rings is 1. The van der Waals surface area contributed by atoms with Gasteiger partial charge in [-0.1, -0.05) is 30.1 Å². The van der Waals surface area contributed by atoms with E-state index < -0.39 is 5.91 Å². The molecule has 14 heavy (non-hydrogen) atoms. The van der Waals surface area contributed by atoms with Crippen LogP contribution >= 0.6 is 23.2 Å². The third kappa shape index (κ3) is 2.38. The normalized spacial score (nSPS) is 10.0. The van der Waals surface area contributed by atoms with Gasteiger partial charge in [0.15, 0.2) is 0 Å². The average molecular weight is 234 g/mol. The van der Waals surface area contributed by atoms with Crippen molar-refractivity contribution >= 4 is 34.8 Å². The second-order valence-electron chi connectivity index (χ2n) is 2.66. The van der Waals surface area contributed by atoms with Crippen LogP contribution < -0.4 is 5.06 Å². The molecular weight excluding hydrogens is 225 g/mol. The number of carbonyl (C=O) groups is 1. The van der Waals surface area contributed by atoms with Crippen molar-refractivity contribution in [3.05, 3.63) is 28.2 Å². The monoisotopic (exact) mass is 233 g/mol. The molecule has 0 aliphatic rings. The first-order chi connectivity index (χ1) is 6.56. The van der Waals surface area contributed by atoms with Crippen LogP contribution in [0.2, 0.25) is 10.0 Å². The molecule has 1 N–H and O–H groups in total. The van der Waals surface area contributed by atoms with Gasteiger partial charge in [-0.3, -0.25) is 10.0 Å². The summed E-state index contributed by atoms with van der Waals surface area (Å²) in [5.74, 6) is -0.400. The number of nitrogens with zero attached hydrogens (tertiary/aromatic N) is 1. The summed E-state index contributed by atoms with van der Waals surface area (Å²) in [7, 11) is 0. The van der Waals surface area contributed by atoms with Gasteiger partial charge in [-0.25, -0.2) is 0 Å². The number of carbonyl (C=O) groups excluding carboxylic acids is 1. The quantitative estimate of drug-likeness (QED) is 0.630. The Labute approximate surface area is 91.8 Å². The van der Waals surface area contributed by atoms with Crippen molar-refractivity contribution < 1.29 is 10.0 Å². The van der Waals surface area contributed by atoms with E-state index in [0.717, 1.165) is 0 Å². The summed E-state index contributed by atoms with van der Waals surface area (Å²) in [5.41, 5.74) is 0.311. The molecule has 3 nitrogen and oxygen atoms in total. The molecule has 1 aromatic carbocycles. The second kappa shape index (κ2) is 4.64. The third-order valence-corrected chi connectivity index (χ3v) is 2.43. The lowest BCUT2D eigenvalue weighted by atomic mass is 10.3. The molecule has 0 bridgehead atoms. The average Bonchev–Trinajstić information content (AvgIpc) is 2.20. The predicted molar refractivity (Wildman–Crippen MR) is 56.0 cm³/mol. The van der Waals surface area contributed by atoms with Crippen LogP contribution in [0.5, 0.6) is 0 Å². The molecule has 1 rings (SSSR count). The number of anilines is 1. The minimum Gasteiger partial charge on any atom is -0.281 e. The van der Waals surface area contributed by atoms with Gasteiger partial charge in [0, 0.05) is 6.42 Å². The van der Waals surface area contributed by atoms with Gasteiger partial charge in [0.25, 0.3) is 0 Å². The zero-order valence-corrected chi connectivity index (χ0v) is 9.01. The van der Waals surface area contributed by atoms with Gasteiger partial charge in [0.2, 0.25) is 5.91 Å². The van der Waals surface area contributed by atoms with E-state index in [4.69, 9.17) is 23.2 Å². The zero-order valence-electron chi connectivity index (χ0n) is 7.50. The van der Waals surface area contributed by atoms with E-state index in [-0.39, 0.29) is 6.42 Å². The molecule has 0 unspecified atom stereocenters. The molecule has 0 atom stereocenters. The summed E-state index contributed by atoms with van der Waals surface area (Å²) in [4.78, 5) is 11.1. The minimum absolute atomic E-state index is 0.219. The van der Waals surface area contributed by atoms with E-state index in [1.54, 1.807) is 6.92 Å². The Kier molecular flexibility index (Phi) is 3.75. The molecule has 0 fully saturated rings. The number of hydroxylamine groups is 1. The molecular formula is C9H9Cl2NO2. The largest absolute Gasteiger partial charge is 0.281 e.